The van der Waals surface area contributed by atoms with Crippen molar-refractivity contribution >= 4 is 0 Å². The molecule has 2 aliphatic heterocycles. The molecule has 1 saturated heterocycles. The van der Waals surface area contributed by atoms with Crippen molar-refractivity contribution in [1.29, 1.82) is 0 Å². The average molecular weight is 545 g/mol. The second-order valence-electron chi connectivity index (χ2n) is 11.7. The van der Waals surface area contributed by atoms with Crippen LogP contribution in [-0.4, -0.2) is 73.3 Å². The van der Waals surface area contributed by atoms with Gasteiger partial charge in [0, 0.05) is 24.4 Å². The van der Waals surface area contributed by atoms with Crippen LogP contribution in [0.3, 0.4) is 0 Å². The smallest absolute Gasteiger partial charge is 0.226 e. The summed E-state index contributed by atoms with van der Waals surface area (Å²) in [5.41, 5.74) is 0.237. The average Bonchev–Trinajstić information content (AvgIpc) is 3.73. The number of fused-ring (bicyclic) bond motifs is 3. The molecule has 8 nitrogen and oxygen atoms in total. The van der Waals surface area contributed by atoms with E-state index < -0.39 is 23.2 Å². The number of hydrogen-bond acceptors (Lipinski definition) is 8. The van der Waals surface area contributed by atoms with Crippen molar-refractivity contribution in [2.75, 3.05) is 41.0 Å². The summed E-state index contributed by atoms with van der Waals surface area (Å²) < 4.78 is 23.6. The van der Waals surface area contributed by atoms with Gasteiger partial charge in [-0.25, -0.2) is 0 Å². The lowest BCUT2D eigenvalue weighted by molar-refractivity contribution is -0.153. The first-order chi connectivity index (χ1) is 19.4. The lowest BCUT2D eigenvalue weighted by Gasteiger charge is -2.41. The first kappa shape index (κ1) is 25.8. The number of nitrogens with zero attached hydrogens (tertiary/aromatic N) is 2. The van der Waals surface area contributed by atoms with E-state index >= 15 is 0 Å². The molecule has 3 aromatic rings. The fraction of sp³-hybridized carbons (Fsp3) is 0.469. The fourth-order valence-electron chi connectivity index (χ4n) is 7.25. The number of pyridine rings is 1. The molecule has 3 fully saturated rings. The van der Waals surface area contributed by atoms with Gasteiger partial charge in [0.1, 0.15) is 5.75 Å². The Hall–Kier alpha value is -3.17. The predicted octanol–water partition coefficient (Wildman–Crippen LogP) is 3.56. The summed E-state index contributed by atoms with van der Waals surface area (Å²) in [6, 6.07) is 20.5. The molecule has 1 aromatic heterocycles. The molecule has 0 radical (unpaired) electrons. The second-order valence-corrected chi connectivity index (χ2v) is 11.7. The van der Waals surface area contributed by atoms with Gasteiger partial charge in [0.2, 0.25) is 11.8 Å². The molecule has 8 heteroatoms. The zero-order valence-electron chi connectivity index (χ0n) is 23.1. The number of rotatable bonds is 8. The van der Waals surface area contributed by atoms with Crippen LogP contribution in [0, 0.1) is 5.92 Å². The second kappa shape index (κ2) is 9.45. The molecule has 2 saturated carbocycles. The van der Waals surface area contributed by atoms with Crippen molar-refractivity contribution in [2.45, 2.75) is 48.0 Å². The summed E-state index contributed by atoms with van der Waals surface area (Å²) in [5, 5.41) is 25.4. The summed E-state index contributed by atoms with van der Waals surface area (Å²) in [5.74, 6) is 0.710. The Kier molecular flexibility index (Phi) is 6.09. The van der Waals surface area contributed by atoms with Crippen LogP contribution >= 0.6 is 0 Å². The van der Waals surface area contributed by atoms with E-state index in [0.717, 1.165) is 11.1 Å². The Balaban J connectivity index is 1.47. The Morgan fingerprint density at radius 2 is 1.73 bits per heavy atom. The van der Waals surface area contributed by atoms with E-state index in [0.29, 0.717) is 42.9 Å². The topological polar surface area (TPSA) is 93.5 Å². The van der Waals surface area contributed by atoms with Gasteiger partial charge in [0.25, 0.3) is 0 Å². The number of benzene rings is 2. The minimum Gasteiger partial charge on any atom is -0.481 e. The fourth-order valence-corrected chi connectivity index (χ4v) is 7.25. The number of aliphatic hydroxyl groups excluding tert-OH is 1. The first-order valence-corrected chi connectivity index (χ1v) is 14.1. The van der Waals surface area contributed by atoms with Crippen molar-refractivity contribution in [3.8, 4) is 17.5 Å². The van der Waals surface area contributed by atoms with Gasteiger partial charge in [-0.1, -0.05) is 54.6 Å². The van der Waals surface area contributed by atoms with E-state index in [2.05, 4.69) is 53.3 Å². The maximum atomic E-state index is 13.1. The van der Waals surface area contributed by atoms with Crippen LogP contribution in [-0.2, 0) is 15.9 Å². The first-order valence-electron chi connectivity index (χ1n) is 14.1. The summed E-state index contributed by atoms with van der Waals surface area (Å²) in [6.07, 6.45) is 1.21. The van der Waals surface area contributed by atoms with Gasteiger partial charge in [0.15, 0.2) is 11.2 Å². The third-order valence-electron chi connectivity index (χ3n) is 9.54. The SMILES string of the molecule is COc1cc2c(c(OC)n1)[C@]1(O)[C@H](O)[C@H](CN(C)C3COC3)[C@@H](c3ccccc3)[C@]1(c1ccc(C3CC3)cc1)O2. The molecule has 210 valence electrons. The van der Waals surface area contributed by atoms with Crippen LogP contribution in [0.25, 0.3) is 0 Å². The largest absolute Gasteiger partial charge is 0.481 e. The zero-order chi connectivity index (χ0) is 27.6. The lowest BCUT2D eigenvalue weighted by atomic mass is 9.70. The molecule has 0 amide bonds. The van der Waals surface area contributed by atoms with Crippen LogP contribution in [0.1, 0.15) is 46.9 Å². The number of ether oxygens (including phenoxy) is 4. The molecular formula is C32H36N2O6. The molecule has 0 unspecified atom stereocenters. The Morgan fingerprint density at radius 1 is 1.00 bits per heavy atom. The number of hydrogen-bond donors (Lipinski definition) is 2. The summed E-state index contributed by atoms with van der Waals surface area (Å²) in [7, 11) is 5.09. The van der Waals surface area contributed by atoms with Crippen LogP contribution in [0.15, 0.2) is 60.7 Å². The summed E-state index contributed by atoms with van der Waals surface area (Å²) in [4.78, 5) is 6.73. The Morgan fingerprint density at radius 3 is 2.33 bits per heavy atom. The lowest BCUT2D eigenvalue weighted by Crippen LogP contribution is -2.52. The highest BCUT2D eigenvalue weighted by Gasteiger charge is 2.77. The van der Waals surface area contributed by atoms with Gasteiger partial charge in [-0.3, -0.25) is 4.90 Å². The van der Waals surface area contributed by atoms with Crippen molar-refractivity contribution in [3.63, 3.8) is 0 Å². The van der Waals surface area contributed by atoms with E-state index in [4.69, 9.17) is 18.9 Å². The molecule has 0 spiro atoms. The molecular weight excluding hydrogens is 508 g/mol. The van der Waals surface area contributed by atoms with Crippen LogP contribution in [0.5, 0.6) is 17.5 Å². The third kappa shape index (κ3) is 3.56. The Bertz CT molecular complexity index is 1390. The maximum Gasteiger partial charge on any atom is 0.226 e. The molecule has 2 aliphatic carbocycles. The van der Waals surface area contributed by atoms with Crippen molar-refractivity contribution in [3.05, 3.63) is 82.9 Å². The monoisotopic (exact) mass is 544 g/mol. The van der Waals surface area contributed by atoms with Gasteiger partial charge in [-0.15, -0.1) is 0 Å². The van der Waals surface area contributed by atoms with E-state index in [1.807, 2.05) is 18.2 Å². The van der Waals surface area contributed by atoms with Gasteiger partial charge in [-0.05, 0) is 42.5 Å². The van der Waals surface area contributed by atoms with E-state index in [1.54, 1.807) is 6.07 Å². The Labute approximate surface area is 234 Å². The molecule has 3 heterocycles. The third-order valence-corrected chi connectivity index (χ3v) is 9.54. The highest BCUT2D eigenvalue weighted by Crippen LogP contribution is 2.70. The van der Waals surface area contributed by atoms with Crippen LogP contribution < -0.4 is 14.2 Å². The highest BCUT2D eigenvalue weighted by molar-refractivity contribution is 5.60. The van der Waals surface area contributed by atoms with Crippen LogP contribution in [0.2, 0.25) is 0 Å². The van der Waals surface area contributed by atoms with Gasteiger partial charge in [0.05, 0.1) is 45.1 Å². The highest BCUT2D eigenvalue weighted by atomic mass is 16.5. The maximum absolute atomic E-state index is 13.1. The molecule has 5 atom stereocenters. The number of likely N-dealkylation sites (N-methyl/N-ethyl adjacent to an activating group) is 1. The van der Waals surface area contributed by atoms with Crippen molar-refractivity contribution in [2.24, 2.45) is 5.92 Å². The minimum absolute atomic E-state index is 0.181. The molecule has 0 bridgehead atoms. The molecule has 2 aromatic carbocycles. The molecule has 40 heavy (non-hydrogen) atoms. The van der Waals surface area contributed by atoms with Crippen molar-refractivity contribution < 1.29 is 29.2 Å². The van der Waals surface area contributed by atoms with Gasteiger partial charge < -0.3 is 29.2 Å². The van der Waals surface area contributed by atoms with Gasteiger partial charge in [-0.2, -0.15) is 4.98 Å². The quantitative estimate of drug-likeness (QED) is 0.445. The van der Waals surface area contributed by atoms with Crippen LogP contribution in [0.4, 0.5) is 0 Å². The number of methoxy groups -OCH3 is 2. The molecule has 7 rings (SSSR count). The summed E-state index contributed by atoms with van der Waals surface area (Å²) >= 11 is 0. The number of aliphatic hydroxyl groups is 2. The van der Waals surface area contributed by atoms with Crippen molar-refractivity contribution in [1.82, 2.24) is 9.88 Å². The predicted molar refractivity (Wildman–Crippen MR) is 148 cm³/mol. The van der Waals surface area contributed by atoms with Gasteiger partial charge >= 0.3 is 0 Å². The van der Waals surface area contributed by atoms with E-state index in [1.165, 1.54) is 32.6 Å². The molecule has 4 aliphatic rings. The number of aromatic nitrogens is 1. The zero-order valence-corrected chi connectivity index (χ0v) is 23.1. The van der Waals surface area contributed by atoms with E-state index in [-0.39, 0.29) is 17.8 Å². The molecule has 2 N–H and O–H groups in total. The standard InChI is InChI=1S/C32H36N2O6/c1-34(23-17-39-18-23)16-24-27(21-7-5-4-6-8-21)32(22-13-11-20(12-14-22)19-9-10-19)31(36,29(24)35)28-25(40-32)15-26(37-2)33-30(28)38-3/h4-8,11-15,19,23-24,27,29,35-36H,9-10,16-18H2,1-3H3/t24-,27-,29-,31+,32+/m1/s1. The van der Waals surface area contributed by atoms with E-state index in [9.17, 15) is 10.2 Å². The minimum atomic E-state index is -1.85. The normalized spacial score (nSPS) is 30.9. The summed E-state index contributed by atoms with van der Waals surface area (Å²) in [6.45, 7) is 1.86.